The van der Waals surface area contributed by atoms with Gasteiger partial charge in [0.15, 0.2) is 0 Å². The van der Waals surface area contributed by atoms with E-state index in [0.29, 0.717) is 11.3 Å². The number of alkyl halides is 3. The normalized spacial score (nSPS) is 12.8. The van der Waals surface area contributed by atoms with Gasteiger partial charge < -0.3 is 10.5 Å². The van der Waals surface area contributed by atoms with Gasteiger partial charge in [-0.1, -0.05) is 12.1 Å². The number of esters is 1. The number of hydrogen-bond donors (Lipinski definition) is 1. The van der Waals surface area contributed by atoms with Crippen molar-refractivity contribution in [3.05, 3.63) is 59.4 Å². The first kappa shape index (κ1) is 16.0. The van der Waals surface area contributed by atoms with Crippen molar-refractivity contribution in [3.8, 4) is 5.75 Å². The van der Waals surface area contributed by atoms with Crippen molar-refractivity contribution < 1.29 is 22.7 Å². The molecule has 0 fully saturated rings. The van der Waals surface area contributed by atoms with Gasteiger partial charge in [-0.2, -0.15) is 13.2 Å². The third-order valence-electron chi connectivity index (χ3n) is 2.94. The van der Waals surface area contributed by atoms with E-state index in [1.807, 2.05) is 0 Å². The molecule has 0 unspecified atom stereocenters. The van der Waals surface area contributed by atoms with Crippen molar-refractivity contribution in [2.45, 2.75) is 19.1 Å². The summed E-state index contributed by atoms with van der Waals surface area (Å²) in [6, 6.07) is 7.04. The highest BCUT2D eigenvalue weighted by Gasteiger charge is 2.35. The van der Waals surface area contributed by atoms with Crippen LogP contribution in [0.4, 0.5) is 13.2 Å². The average molecular weight is 310 g/mol. The van der Waals surface area contributed by atoms with Gasteiger partial charge >= 0.3 is 12.1 Å². The zero-order valence-electron chi connectivity index (χ0n) is 11.6. The van der Waals surface area contributed by atoms with Gasteiger partial charge in [0.25, 0.3) is 0 Å². The lowest BCUT2D eigenvalue weighted by atomic mass is 10.00. The Hall–Kier alpha value is -2.41. The largest absolute Gasteiger partial charge is 0.427 e. The van der Waals surface area contributed by atoms with Crippen LogP contribution in [-0.4, -0.2) is 11.0 Å². The fourth-order valence-corrected chi connectivity index (χ4v) is 1.97. The number of pyridine rings is 1. The van der Waals surface area contributed by atoms with Gasteiger partial charge in [-0.15, -0.1) is 0 Å². The molecule has 2 rings (SSSR count). The maximum Gasteiger partial charge on any atom is 0.418 e. The molecule has 0 aliphatic rings. The number of aromatic nitrogens is 1. The van der Waals surface area contributed by atoms with Gasteiger partial charge in [0.05, 0.1) is 17.3 Å². The van der Waals surface area contributed by atoms with Crippen LogP contribution in [0.1, 0.15) is 29.8 Å². The van der Waals surface area contributed by atoms with E-state index in [9.17, 15) is 18.0 Å². The summed E-state index contributed by atoms with van der Waals surface area (Å²) in [4.78, 5) is 14.6. The second-order valence-corrected chi connectivity index (χ2v) is 4.57. The van der Waals surface area contributed by atoms with Gasteiger partial charge in [0.1, 0.15) is 5.75 Å². The standard InChI is InChI=1S/C15H13F3N2O2/c1-9(21)22-11-6-4-10(5-7-11)13(19)14-12(15(16,17)18)3-2-8-20-14/h2-8,13H,19H2,1H3/t13-/m0/s1. The van der Waals surface area contributed by atoms with Gasteiger partial charge in [-0.3, -0.25) is 9.78 Å². The number of hydrogen-bond acceptors (Lipinski definition) is 4. The number of ether oxygens (including phenoxy) is 1. The van der Waals surface area contributed by atoms with Crippen molar-refractivity contribution in [1.29, 1.82) is 0 Å². The highest BCUT2D eigenvalue weighted by atomic mass is 19.4. The molecule has 0 radical (unpaired) electrons. The summed E-state index contributed by atoms with van der Waals surface area (Å²) < 4.78 is 43.8. The highest BCUT2D eigenvalue weighted by Crippen LogP contribution is 2.34. The van der Waals surface area contributed by atoms with E-state index in [0.717, 1.165) is 6.07 Å². The third kappa shape index (κ3) is 3.62. The topological polar surface area (TPSA) is 65.2 Å². The smallest absolute Gasteiger partial charge is 0.418 e. The minimum Gasteiger partial charge on any atom is -0.427 e. The summed E-state index contributed by atoms with van der Waals surface area (Å²) in [5, 5.41) is 0. The summed E-state index contributed by atoms with van der Waals surface area (Å²) in [5.74, 6) is -0.193. The Morgan fingerprint density at radius 2 is 1.86 bits per heavy atom. The van der Waals surface area contributed by atoms with Gasteiger partial charge in [-0.25, -0.2) is 0 Å². The quantitative estimate of drug-likeness (QED) is 0.699. The predicted molar refractivity (Wildman–Crippen MR) is 73.0 cm³/mol. The molecule has 2 aromatic rings. The lowest BCUT2D eigenvalue weighted by Gasteiger charge is -2.17. The van der Waals surface area contributed by atoms with Crippen LogP contribution in [0, 0.1) is 0 Å². The van der Waals surface area contributed by atoms with Crippen LogP contribution in [0.15, 0.2) is 42.6 Å². The molecule has 1 heterocycles. The minimum absolute atomic E-state index is 0.254. The molecular weight excluding hydrogens is 297 g/mol. The molecule has 22 heavy (non-hydrogen) atoms. The summed E-state index contributed by atoms with van der Waals surface area (Å²) >= 11 is 0. The zero-order valence-corrected chi connectivity index (χ0v) is 11.6. The van der Waals surface area contributed by atoms with Crippen molar-refractivity contribution in [3.63, 3.8) is 0 Å². The molecule has 1 atom stereocenters. The fourth-order valence-electron chi connectivity index (χ4n) is 1.97. The second kappa shape index (κ2) is 6.15. The minimum atomic E-state index is -4.53. The van der Waals surface area contributed by atoms with Gasteiger partial charge in [0.2, 0.25) is 0 Å². The first-order valence-electron chi connectivity index (χ1n) is 6.35. The first-order valence-corrected chi connectivity index (χ1v) is 6.35. The Labute approximate surface area is 124 Å². The molecule has 0 bridgehead atoms. The van der Waals surface area contributed by atoms with Crippen LogP contribution in [0.3, 0.4) is 0 Å². The Kier molecular flexibility index (Phi) is 4.46. The Morgan fingerprint density at radius 1 is 1.23 bits per heavy atom. The van der Waals surface area contributed by atoms with E-state index in [1.54, 1.807) is 0 Å². The summed E-state index contributed by atoms with van der Waals surface area (Å²) in [7, 11) is 0. The van der Waals surface area contributed by atoms with Gasteiger partial charge in [0, 0.05) is 13.1 Å². The molecule has 2 N–H and O–H groups in total. The average Bonchev–Trinajstić information content (AvgIpc) is 2.46. The molecule has 116 valence electrons. The summed E-state index contributed by atoms with van der Waals surface area (Å²) in [5.41, 5.74) is 5.20. The molecule has 7 heteroatoms. The van der Waals surface area contributed by atoms with Crippen LogP contribution >= 0.6 is 0 Å². The molecule has 0 aliphatic carbocycles. The molecule has 4 nitrogen and oxygen atoms in total. The molecular formula is C15H13F3N2O2. The number of nitrogens with zero attached hydrogens (tertiary/aromatic N) is 1. The number of rotatable bonds is 3. The monoisotopic (exact) mass is 310 g/mol. The fraction of sp³-hybridized carbons (Fsp3) is 0.200. The zero-order chi connectivity index (χ0) is 16.3. The molecule has 0 spiro atoms. The van der Waals surface area contributed by atoms with E-state index >= 15 is 0 Å². The SMILES string of the molecule is CC(=O)Oc1ccc([C@H](N)c2ncccc2C(F)(F)F)cc1. The highest BCUT2D eigenvalue weighted by molar-refractivity contribution is 5.69. The Balaban J connectivity index is 2.32. The predicted octanol–water partition coefficient (Wildman–Crippen LogP) is 3.07. The maximum absolute atomic E-state index is 13.0. The number of halogens is 3. The lowest BCUT2D eigenvalue weighted by Crippen LogP contribution is -2.20. The van der Waals surface area contributed by atoms with E-state index in [4.69, 9.17) is 10.5 Å². The molecule has 1 aromatic carbocycles. The van der Waals surface area contributed by atoms with Gasteiger partial charge in [-0.05, 0) is 29.8 Å². The molecule has 0 saturated heterocycles. The van der Waals surface area contributed by atoms with E-state index in [1.165, 1.54) is 43.5 Å². The molecule has 0 amide bonds. The van der Waals surface area contributed by atoms with Crippen LogP contribution < -0.4 is 10.5 Å². The van der Waals surface area contributed by atoms with Crippen molar-refractivity contribution >= 4 is 5.97 Å². The lowest BCUT2D eigenvalue weighted by molar-refractivity contribution is -0.138. The summed E-state index contributed by atoms with van der Waals surface area (Å²) in [6.07, 6.45) is -3.27. The number of nitrogens with two attached hydrogens (primary N) is 1. The molecule has 0 saturated carbocycles. The Bertz CT molecular complexity index is 669. The van der Waals surface area contributed by atoms with Crippen molar-refractivity contribution in [1.82, 2.24) is 4.98 Å². The molecule has 1 aromatic heterocycles. The maximum atomic E-state index is 13.0. The molecule has 0 aliphatic heterocycles. The van der Waals surface area contributed by atoms with Crippen LogP contribution in [0.5, 0.6) is 5.75 Å². The summed E-state index contributed by atoms with van der Waals surface area (Å²) in [6.45, 7) is 1.25. The van der Waals surface area contributed by atoms with Crippen molar-refractivity contribution in [2.75, 3.05) is 0 Å². The van der Waals surface area contributed by atoms with Crippen LogP contribution in [-0.2, 0) is 11.0 Å². The van der Waals surface area contributed by atoms with Crippen LogP contribution in [0.2, 0.25) is 0 Å². The van der Waals surface area contributed by atoms with E-state index in [-0.39, 0.29) is 5.69 Å². The van der Waals surface area contributed by atoms with E-state index in [2.05, 4.69) is 4.98 Å². The first-order chi connectivity index (χ1) is 10.3. The van der Waals surface area contributed by atoms with Crippen LogP contribution in [0.25, 0.3) is 0 Å². The van der Waals surface area contributed by atoms with Crippen molar-refractivity contribution in [2.24, 2.45) is 5.73 Å². The van der Waals surface area contributed by atoms with E-state index < -0.39 is 23.8 Å². The number of carbonyl (C=O) groups excluding carboxylic acids is 1. The Morgan fingerprint density at radius 3 is 2.41 bits per heavy atom. The third-order valence-corrected chi connectivity index (χ3v) is 2.94. The second-order valence-electron chi connectivity index (χ2n) is 4.57. The number of benzene rings is 1. The number of carbonyl (C=O) groups is 1.